The first-order valence-electron chi connectivity index (χ1n) is 5.89. The highest BCUT2D eigenvalue weighted by atomic mass is 16.5. The minimum Gasteiger partial charge on any atom is -0.468 e. The summed E-state index contributed by atoms with van der Waals surface area (Å²) in [7, 11) is 0. The number of aromatic nitrogens is 2. The van der Waals surface area contributed by atoms with Crippen LogP contribution in [0.1, 0.15) is 6.42 Å². The highest BCUT2D eigenvalue weighted by molar-refractivity contribution is 5.81. The molecule has 2 atom stereocenters. The second-order valence-electron chi connectivity index (χ2n) is 4.53. The zero-order chi connectivity index (χ0) is 11.2. The molecule has 0 bridgehead atoms. The van der Waals surface area contributed by atoms with Crippen molar-refractivity contribution in [1.29, 1.82) is 0 Å². The Labute approximate surface area is 98.1 Å². The fraction of sp³-hybridized carbons (Fsp3) is 0.417. The van der Waals surface area contributed by atoms with Gasteiger partial charge in [-0.05, 0) is 18.6 Å². The van der Waals surface area contributed by atoms with E-state index in [1.807, 2.05) is 12.3 Å². The van der Waals surface area contributed by atoms with Crippen molar-refractivity contribution in [2.75, 3.05) is 18.5 Å². The number of nitrogens with zero attached hydrogens (tertiary/aromatic N) is 1. The van der Waals surface area contributed by atoms with E-state index in [2.05, 4.69) is 21.4 Å². The van der Waals surface area contributed by atoms with Gasteiger partial charge in [-0.25, -0.2) is 0 Å². The van der Waals surface area contributed by atoms with Gasteiger partial charge < -0.3 is 19.8 Å². The molecule has 0 aliphatic carbocycles. The first-order chi connectivity index (χ1) is 8.40. The summed E-state index contributed by atoms with van der Waals surface area (Å²) in [5, 5.41) is 4.60. The molecule has 0 saturated carbocycles. The molecule has 1 fully saturated rings. The Morgan fingerprint density at radius 2 is 2.41 bits per heavy atom. The van der Waals surface area contributed by atoms with Crippen LogP contribution in [0, 0.1) is 0 Å². The minimum absolute atomic E-state index is 0.0798. The number of rotatable bonds is 0. The molecule has 0 spiro atoms. The van der Waals surface area contributed by atoms with Crippen molar-refractivity contribution in [2.45, 2.75) is 18.6 Å². The molecule has 4 heterocycles. The summed E-state index contributed by atoms with van der Waals surface area (Å²) < 4.78 is 11.3. The SMILES string of the molecule is c1cc2cc3c(nc2[nH]1)OC1COCCC1N3. The standard InChI is InChI=1S/C12H13N3O2/c1-3-13-11-7(1)5-9-12(15-11)17-10-6-16-4-2-8(10)14-9/h1,3,5,8,10,14H,2,4,6H2,(H,13,15). The van der Waals surface area contributed by atoms with E-state index in [9.17, 15) is 0 Å². The highest BCUT2D eigenvalue weighted by Crippen LogP contribution is 2.34. The average molecular weight is 231 g/mol. The van der Waals surface area contributed by atoms with E-state index in [1.54, 1.807) is 0 Å². The normalized spacial score (nSPS) is 26.8. The smallest absolute Gasteiger partial charge is 0.239 e. The molecular formula is C12H13N3O2. The first-order valence-corrected chi connectivity index (χ1v) is 5.89. The molecule has 2 aliphatic heterocycles. The molecule has 2 unspecified atom stereocenters. The monoisotopic (exact) mass is 231 g/mol. The lowest BCUT2D eigenvalue weighted by Gasteiger charge is -2.37. The Morgan fingerprint density at radius 3 is 3.41 bits per heavy atom. The number of hydrogen-bond acceptors (Lipinski definition) is 4. The largest absolute Gasteiger partial charge is 0.468 e. The molecule has 0 amide bonds. The van der Waals surface area contributed by atoms with Gasteiger partial charge in [-0.15, -0.1) is 0 Å². The van der Waals surface area contributed by atoms with Crippen molar-refractivity contribution in [3.63, 3.8) is 0 Å². The zero-order valence-corrected chi connectivity index (χ0v) is 9.27. The molecule has 4 rings (SSSR count). The second-order valence-corrected chi connectivity index (χ2v) is 4.53. The van der Waals surface area contributed by atoms with Crippen LogP contribution in [0.25, 0.3) is 11.0 Å². The zero-order valence-electron chi connectivity index (χ0n) is 9.27. The van der Waals surface area contributed by atoms with Gasteiger partial charge in [0.2, 0.25) is 5.88 Å². The molecule has 0 radical (unpaired) electrons. The lowest BCUT2D eigenvalue weighted by molar-refractivity contribution is -0.00679. The molecule has 2 aromatic heterocycles. The maximum atomic E-state index is 5.89. The quantitative estimate of drug-likeness (QED) is 0.721. The summed E-state index contributed by atoms with van der Waals surface area (Å²) in [6, 6.07) is 4.44. The van der Waals surface area contributed by atoms with Gasteiger partial charge in [0.05, 0.1) is 18.3 Å². The third kappa shape index (κ3) is 1.39. The van der Waals surface area contributed by atoms with Gasteiger partial charge in [-0.2, -0.15) is 4.98 Å². The molecule has 5 nitrogen and oxygen atoms in total. The Kier molecular flexibility index (Phi) is 1.84. The average Bonchev–Trinajstić information content (AvgIpc) is 2.80. The fourth-order valence-electron chi connectivity index (χ4n) is 2.49. The van der Waals surface area contributed by atoms with Crippen molar-refractivity contribution in [3.05, 3.63) is 18.3 Å². The van der Waals surface area contributed by atoms with Gasteiger partial charge >= 0.3 is 0 Å². The van der Waals surface area contributed by atoms with E-state index in [4.69, 9.17) is 9.47 Å². The van der Waals surface area contributed by atoms with E-state index in [0.29, 0.717) is 18.5 Å². The van der Waals surface area contributed by atoms with E-state index >= 15 is 0 Å². The van der Waals surface area contributed by atoms with E-state index in [0.717, 1.165) is 29.7 Å². The van der Waals surface area contributed by atoms with Crippen LogP contribution in [-0.4, -0.2) is 35.3 Å². The Bertz CT molecular complexity index is 518. The summed E-state index contributed by atoms with van der Waals surface area (Å²) in [5.41, 5.74) is 1.85. The molecule has 17 heavy (non-hydrogen) atoms. The molecule has 5 heteroatoms. The lowest BCUT2D eigenvalue weighted by Crippen LogP contribution is -2.48. The summed E-state index contributed by atoms with van der Waals surface area (Å²) in [6.07, 6.45) is 2.95. The minimum atomic E-state index is 0.0798. The molecule has 2 aromatic rings. The van der Waals surface area contributed by atoms with E-state index in [1.165, 1.54) is 0 Å². The third-order valence-electron chi connectivity index (χ3n) is 3.41. The molecule has 1 saturated heterocycles. The maximum Gasteiger partial charge on any atom is 0.239 e. The lowest BCUT2D eigenvalue weighted by atomic mass is 10.0. The van der Waals surface area contributed by atoms with Crippen molar-refractivity contribution >= 4 is 16.7 Å². The van der Waals surface area contributed by atoms with Crippen LogP contribution in [0.4, 0.5) is 5.69 Å². The number of H-pyrrole nitrogens is 1. The highest BCUT2D eigenvalue weighted by Gasteiger charge is 2.33. The van der Waals surface area contributed by atoms with Gasteiger partial charge in [-0.1, -0.05) is 0 Å². The van der Waals surface area contributed by atoms with Gasteiger partial charge in [0.1, 0.15) is 11.8 Å². The van der Waals surface area contributed by atoms with Crippen LogP contribution < -0.4 is 10.1 Å². The van der Waals surface area contributed by atoms with Crippen molar-refractivity contribution < 1.29 is 9.47 Å². The number of ether oxygens (including phenoxy) is 2. The van der Waals surface area contributed by atoms with Crippen LogP contribution in [0.15, 0.2) is 18.3 Å². The molecule has 88 valence electrons. The summed E-state index contributed by atoms with van der Waals surface area (Å²) in [4.78, 5) is 7.56. The van der Waals surface area contributed by atoms with Gasteiger partial charge in [0, 0.05) is 18.2 Å². The van der Waals surface area contributed by atoms with Crippen molar-refractivity contribution in [3.8, 4) is 5.88 Å². The van der Waals surface area contributed by atoms with Gasteiger partial charge in [0.15, 0.2) is 0 Å². The summed E-state index contributed by atoms with van der Waals surface area (Å²) in [5.74, 6) is 0.673. The number of anilines is 1. The van der Waals surface area contributed by atoms with Crippen LogP contribution in [0.3, 0.4) is 0 Å². The van der Waals surface area contributed by atoms with Crippen molar-refractivity contribution in [2.24, 2.45) is 0 Å². The summed E-state index contributed by atoms with van der Waals surface area (Å²) >= 11 is 0. The van der Waals surface area contributed by atoms with Crippen LogP contribution >= 0.6 is 0 Å². The first kappa shape index (κ1) is 9.30. The fourth-order valence-corrected chi connectivity index (χ4v) is 2.49. The molecule has 0 aromatic carbocycles. The number of fused-ring (bicyclic) bond motifs is 3. The van der Waals surface area contributed by atoms with Gasteiger partial charge in [-0.3, -0.25) is 0 Å². The molecular weight excluding hydrogens is 218 g/mol. The van der Waals surface area contributed by atoms with Crippen LogP contribution in [0.2, 0.25) is 0 Å². The van der Waals surface area contributed by atoms with Crippen molar-refractivity contribution in [1.82, 2.24) is 9.97 Å². The van der Waals surface area contributed by atoms with E-state index in [-0.39, 0.29) is 6.10 Å². The molecule has 2 N–H and O–H groups in total. The number of hydrogen-bond donors (Lipinski definition) is 2. The van der Waals surface area contributed by atoms with Crippen LogP contribution in [-0.2, 0) is 4.74 Å². The Hall–Kier alpha value is -1.75. The maximum absolute atomic E-state index is 5.89. The van der Waals surface area contributed by atoms with Gasteiger partial charge in [0.25, 0.3) is 0 Å². The Balaban J connectivity index is 1.79. The van der Waals surface area contributed by atoms with Crippen LogP contribution in [0.5, 0.6) is 5.88 Å². The summed E-state index contributed by atoms with van der Waals surface area (Å²) in [6.45, 7) is 1.44. The molecule has 2 aliphatic rings. The second kappa shape index (κ2) is 3.37. The number of nitrogens with one attached hydrogen (secondary N) is 2. The topological polar surface area (TPSA) is 59.2 Å². The number of pyridine rings is 1. The predicted octanol–water partition coefficient (Wildman–Crippen LogP) is 1.52. The third-order valence-corrected chi connectivity index (χ3v) is 3.41. The van der Waals surface area contributed by atoms with E-state index < -0.39 is 0 Å². The number of aromatic amines is 1. The Morgan fingerprint density at radius 1 is 1.41 bits per heavy atom. The predicted molar refractivity (Wildman–Crippen MR) is 63.4 cm³/mol.